The SMILES string of the molecule is C=CCc1cc(CNc2ccc(OC)cc2)cc(OC)c1OCc1cccc(F)c1. The Labute approximate surface area is 176 Å². The molecule has 156 valence electrons. The first kappa shape index (κ1) is 21.2. The van der Waals surface area contributed by atoms with Gasteiger partial charge in [0.25, 0.3) is 0 Å². The zero-order valence-corrected chi connectivity index (χ0v) is 17.3. The molecule has 0 saturated heterocycles. The molecule has 0 saturated carbocycles. The van der Waals surface area contributed by atoms with Gasteiger partial charge >= 0.3 is 0 Å². The van der Waals surface area contributed by atoms with E-state index < -0.39 is 0 Å². The van der Waals surface area contributed by atoms with Gasteiger partial charge in [-0.3, -0.25) is 0 Å². The van der Waals surface area contributed by atoms with Crippen LogP contribution in [0.5, 0.6) is 17.2 Å². The fraction of sp³-hybridized carbons (Fsp3) is 0.200. The molecule has 0 spiro atoms. The third kappa shape index (κ3) is 5.54. The fourth-order valence-electron chi connectivity index (χ4n) is 3.14. The first-order valence-corrected chi connectivity index (χ1v) is 9.68. The van der Waals surface area contributed by atoms with Crippen LogP contribution in [0, 0.1) is 5.82 Å². The summed E-state index contributed by atoms with van der Waals surface area (Å²) in [6.07, 6.45) is 2.45. The molecule has 0 radical (unpaired) electrons. The zero-order valence-electron chi connectivity index (χ0n) is 17.3. The van der Waals surface area contributed by atoms with Crippen LogP contribution in [0.4, 0.5) is 10.1 Å². The van der Waals surface area contributed by atoms with Crippen LogP contribution in [-0.2, 0) is 19.6 Å². The summed E-state index contributed by atoms with van der Waals surface area (Å²) in [5.74, 6) is 1.82. The largest absolute Gasteiger partial charge is 0.497 e. The maximum Gasteiger partial charge on any atom is 0.165 e. The quantitative estimate of drug-likeness (QED) is 0.434. The highest BCUT2D eigenvalue weighted by Crippen LogP contribution is 2.34. The second kappa shape index (κ2) is 10.3. The summed E-state index contributed by atoms with van der Waals surface area (Å²) in [6.45, 7) is 4.72. The molecule has 0 heterocycles. The van der Waals surface area contributed by atoms with Crippen LogP contribution in [0.1, 0.15) is 16.7 Å². The average molecular weight is 407 g/mol. The Morgan fingerprint density at radius 2 is 1.77 bits per heavy atom. The van der Waals surface area contributed by atoms with Gasteiger partial charge < -0.3 is 19.5 Å². The van der Waals surface area contributed by atoms with E-state index in [4.69, 9.17) is 14.2 Å². The second-order valence-corrected chi connectivity index (χ2v) is 6.78. The van der Waals surface area contributed by atoms with Crippen molar-refractivity contribution in [2.24, 2.45) is 0 Å². The van der Waals surface area contributed by atoms with Gasteiger partial charge in [-0.15, -0.1) is 6.58 Å². The normalized spacial score (nSPS) is 10.4. The van der Waals surface area contributed by atoms with E-state index in [1.807, 2.05) is 42.5 Å². The zero-order chi connectivity index (χ0) is 21.3. The molecule has 4 nitrogen and oxygen atoms in total. The predicted octanol–water partition coefficient (Wildman–Crippen LogP) is 5.76. The van der Waals surface area contributed by atoms with Gasteiger partial charge in [-0.1, -0.05) is 18.2 Å². The van der Waals surface area contributed by atoms with Crippen LogP contribution in [0.2, 0.25) is 0 Å². The van der Waals surface area contributed by atoms with Crippen molar-refractivity contribution in [1.82, 2.24) is 0 Å². The Kier molecular flexibility index (Phi) is 7.33. The second-order valence-electron chi connectivity index (χ2n) is 6.78. The molecule has 3 aromatic carbocycles. The van der Waals surface area contributed by atoms with E-state index in [2.05, 4.69) is 18.0 Å². The van der Waals surface area contributed by atoms with Crippen molar-refractivity contribution in [1.29, 1.82) is 0 Å². The maximum absolute atomic E-state index is 13.5. The molecule has 0 aromatic heterocycles. The number of rotatable bonds is 10. The number of benzene rings is 3. The van der Waals surface area contributed by atoms with Gasteiger partial charge in [-0.2, -0.15) is 0 Å². The minimum atomic E-state index is -0.283. The number of nitrogens with one attached hydrogen (secondary N) is 1. The number of allylic oxidation sites excluding steroid dienone is 1. The van der Waals surface area contributed by atoms with Crippen molar-refractivity contribution in [2.45, 2.75) is 19.6 Å². The lowest BCUT2D eigenvalue weighted by Crippen LogP contribution is -2.05. The van der Waals surface area contributed by atoms with Crippen LogP contribution in [-0.4, -0.2) is 14.2 Å². The van der Waals surface area contributed by atoms with E-state index in [0.717, 1.165) is 28.1 Å². The molecule has 0 aliphatic heterocycles. The van der Waals surface area contributed by atoms with Gasteiger partial charge in [0, 0.05) is 17.8 Å². The lowest BCUT2D eigenvalue weighted by atomic mass is 10.1. The van der Waals surface area contributed by atoms with E-state index in [1.165, 1.54) is 12.1 Å². The van der Waals surface area contributed by atoms with Crippen molar-refractivity contribution in [3.63, 3.8) is 0 Å². The van der Waals surface area contributed by atoms with Gasteiger partial charge in [-0.25, -0.2) is 4.39 Å². The number of ether oxygens (including phenoxy) is 3. The highest BCUT2D eigenvalue weighted by atomic mass is 19.1. The molecular formula is C25H26FNO3. The Bertz CT molecular complexity index is 986. The Balaban J connectivity index is 1.78. The molecule has 0 bridgehead atoms. The smallest absolute Gasteiger partial charge is 0.165 e. The van der Waals surface area contributed by atoms with Crippen LogP contribution < -0.4 is 19.5 Å². The predicted molar refractivity (Wildman–Crippen MR) is 118 cm³/mol. The maximum atomic E-state index is 13.5. The van der Waals surface area contributed by atoms with E-state index in [-0.39, 0.29) is 12.4 Å². The van der Waals surface area contributed by atoms with Gasteiger partial charge in [0.2, 0.25) is 0 Å². The Morgan fingerprint density at radius 3 is 2.43 bits per heavy atom. The lowest BCUT2D eigenvalue weighted by Gasteiger charge is -2.17. The molecule has 30 heavy (non-hydrogen) atoms. The van der Waals surface area contributed by atoms with Crippen LogP contribution in [0.15, 0.2) is 73.3 Å². The summed E-state index contributed by atoms with van der Waals surface area (Å²) in [4.78, 5) is 0. The van der Waals surface area contributed by atoms with Crippen molar-refractivity contribution in [3.05, 3.63) is 95.8 Å². The molecule has 1 N–H and O–H groups in total. The third-order valence-electron chi connectivity index (χ3n) is 4.63. The van der Waals surface area contributed by atoms with Crippen molar-refractivity contribution < 1.29 is 18.6 Å². The summed E-state index contributed by atoms with van der Waals surface area (Å²) in [7, 11) is 3.26. The topological polar surface area (TPSA) is 39.7 Å². The summed E-state index contributed by atoms with van der Waals surface area (Å²) in [5.41, 5.74) is 3.77. The van der Waals surface area contributed by atoms with Crippen molar-refractivity contribution in [2.75, 3.05) is 19.5 Å². The molecule has 5 heteroatoms. The summed E-state index contributed by atoms with van der Waals surface area (Å²) in [6, 6.07) is 18.2. The van der Waals surface area contributed by atoms with E-state index in [9.17, 15) is 4.39 Å². The number of methoxy groups -OCH3 is 2. The standard InChI is InChI=1S/C25H26FNO3/c1-4-6-20-13-19(16-27-22-9-11-23(28-2)12-10-22)15-24(29-3)25(20)30-17-18-7-5-8-21(26)14-18/h4-5,7-15,27H,1,6,16-17H2,2-3H3. The molecule has 3 rings (SSSR count). The molecule has 3 aromatic rings. The molecule has 0 fully saturated rings. The average Bonchev–Trinajstić information content (AvgIpc) is 2.77. The van der Waals surface area contributed by atoms with Crippen LogP contribution in [0.25, 0.3) is 0 Å². The molecule has 0 aliphatic carbocycles. The molecule has 0 atom stereocenters. The molecular weight excluding hydrogens is 381 g/mol. The Morgan fingerprint density at radius 1 is 0.967 bits per heavy atom. The number of halogens is 1. The molecule has 0 amide bonds. The van der Waals surface area contributed by atoms with Crippen LogP contribution >= 0.6 is 0 Å². The highest BCUT2D eigenvalue weighted by molar-refractivity contribution is 5.52. The van der Waals surface area contributed by atoms with E-state index >= 15 is 0 Å². The van der Waals surface area contributed by atoms with Gasteiger partial charge in [0.1, 0.15) is 18.2 Å². The summed E-state index contributed by atoms with van der Waals surface area (Å²) in [5, 5.41) is 3.40. The van der Waals surface area contributed by atoms with Gasteiger partial charge in [0.05, 0.1) is 14.2 Å². The van der Waals surface area contributed by atoms with Gasteiger partial charge in [-0.05, 0) is 66.1 Å². The fourth-order valence-corrected chi connectivity index (χ4v) is 3.14. The first-order chi connectivity index (χ1) is 14.6. The van der Waals surface area contributed by atoms with Crippen molar-refractivity contribution >= 4 is 5.69 Å². The van der Waals surface area contributed by atoms with Gasteiger partial charge in [0.15, 0.2) is 11.5 Å². The number of hydrogen-bond donors (Lipinski definition) is 1. The third-order valence-corrected chi connectivity index (χ3v) is 4.63. The van der Waals surface area contributed by atoms with E-state index in [1.54, 1.807) is 20.3 Å². The van der Waals surface area contributed by atoms with E-state index in [0.29, 0.717) is 24.5 Å². The molecule has 0 unspecified atom stereocenters. The highest BCUT2D eigenvalue weighted by Gasteiger charge is 2.13. The first-order valence-electron chi connectivity index (χ1n) is 9.68. The van der Waals surface area contributed by atoms with Crippen molar-refractivity contribution in [3.8, 4) is 17.2 Å². The van der Waals surface area contributed by atoms with Crippen LogP contribution in [0.3, 0.4) is 0 Å². The lowest BCUT2D eigenvalue weighted by molar-refractivity contribution is 0.281. The Hall–Kier alpha value is -3.47. The number of anilines is 1. The summed E-state index contributed by atoms with van der Waals surface area (Å²) < 4.78 is 30.3. The minimum absolute atomic E-state index is 0.252. The molecule has 0 aliphatic rings. The minimum Gasteiger partial charge on any atom is -0.497 e. The monoisotopic (exact) mass is 407 g/mol. The summed E-state index contributed by atoms with van der Waals surface area (Å²) >= 11 is 0. The number of hydrogen-bond acceptors (Lipinski definition) is 4.